The van der Waals surface area contributed by atoms with Crippen molar-refractivity contribution in [2.24, 2.45) is 10.9 Å². The maximum atomic E-state index is 12.8. The third-order valence-electron chi connectivity index (χ3n) is 6.40. The van der Waals surface area contributed by atoms with Crippen molar-refractivity contribution in [2.45, 2.75) is 57.4 Å². The van der Waals surface area contributed by atoms with E-state index in [0.717, 1.165) is 69.2 Å². The summed E-state index contributed by atoms with van der Waals surface area (Å²) in [5.74, 6) is 2.94. The van der Waals surface area contributed by atoms with Crippen molar-refractivity contribution in [2.75, 3.05) is 40.9 Å². The molecule has 2 aliphatic rings. The van der Waals surface area contributed by atoms with Crippen LogP contribution in [0.25, 0.3) is 0 Å². The first-order valence-electron chi connectivity index (χ1n) is 11.6. The molecule has 180 valence electrons. The summed E-state index contributed by atoms with van der Waals surface area (Å²) in [6.07, 6.45) is 8.71. The molecule has 0 bridgehead atoms. The van der Waals surface area contributed by atoms with Crippen LogP contribution in [0.1, 0.15) is 50.5 Å². The first-order valence-corrected chi connectivity index (χ1v) is 11.6. The molecular formula is C24H39IN4O3. The minimum absolute atomic E-state index is 0. The van der Waals surface area contributed by atoms with Crippen molar-refractivity contribution in [1.29, 1.82) is 0 Å². The summed E-state index contributed by atoms with van der Waals surface area (Å²) >= 11 is 0. The topological polar surface area (TPSA) is 75.2 Å². The summed E-state index contributed by atoms with van der Waals surface area (Å²) in [6.45, 7) is 2.45. The van der Waals surface area contributed by atoms with Crippen LogP contribution >= 0.6 is 24.0 Å². The van der Waals surface area contributed by atoms with Gasteiger partial charge in [0, 0.05) is 38.6 Å². The second-order valence-electron chi connectivity index (χ2n) is 8.54. The number of benzene rings is 1. The molecule has 1 amide bonds. The second kappa shape index (κ2) is 13.7. The molecule has 0 spiro atoms. The number of likely N-dealkylation sites (tertiary alicyclic amines) is 1. The van der Waals surface area contributed by atoms with E-state index in [1.807, 2.05) is 12.1 Å². The maximum absolute atomic E-state index is 12.8. The number of amides is 1. The highest BCUT2D eigenvalue weighted by atomic mass is 127. The first-order chi connectivity index (χ1) is 15.1. The van der Waals surface area contributed by atoms with Crippen molar-refractivity contribution < 1.29 is 14.3 Å². The second-order valence-corrected chi connectivity index (χ2v) is 8.54. The van der Waals surface area contributed by atoms with Gasteiger partial charge < -0.3 is 25.0 Å². The Hall–Kier alpha value is -1.71. The lowest BCUT2D eigenvalue weighted by molar-refractivity contribution is -0.135. The normalized spacial score (nSPS) is 19.3. The quantitative estimate of drug-likeness (QED) is 0.221. The lowest BCUT2D eigenvalue weighted by atomic mass is 9.88. The Morgan fingerprint density at radius 2 is 1.88 bits per heavy atom. The molecule has 1 heterocycles. The Morgan fingerprint density at radius 1 is 1.12 bits per heavy atom. The summed E-state index contributed by atoms with van der Waals surface area (Å²) in [5.41, 5.74) is 1.22. The number of aryl methyl sites for hydroxylation is 1. The van der Waals surface area contributed by atoms with Gasteiger partial charge in [0.25, 0.3) is 0 Å². The number of carbonyl (C=O) groups is 1. The first kappa shape index (κ1) is 26.5. The van der Waals surface area contributed by atoms with Gasteiger partial charge in [-0.1, -0.05) is 25.3 Å². The van der Waals surface area contributed by atoms with Crippen LogP contribution in [0.3, 0.4) is 0 Å². The molecule has 7 nitrogen and oxygen atoms in total. The smallest absolute Gasteiger partial charge is 0.225 e. The summed E-state index contributed by atoms with van der Waals surface area (Å²) in [4.78, 5) is 19.2. The van der Waals surface area contributed by atoms with Crippen LogP contribution in [-0.4, -0.2) is 63.7 Å². The van der Waals surface area contributed by atoms with Crippen molar-refractivity contribution in [3.8, 4) is 11.5 Å². The molecule has 2 N–H and O–H groups in total. The fourth-order valence-corrected chi connectivity index (χ4v) is 4.61. The van der Waals surface area contributed by atoms with Gasteiger partial charge in [-0.25, -0.2) is 0 Å². The molecule has 2 fully saturated rings. The lowest BCUT2D eigenvalue weighted by Crippen LogP contribution is -2.45. The van der Waals surface area contributed by atoms with E-state index in [1.54, 1.807) is 21.3 Å². The van der Waals surface area contributed by atoms with Crippen LogP contribution < -0.4 is 20.1 Å². The highest BCUT2D eigenvalue weighted by Gasteiger charge is 2.31. The number of rotatable bonds is 8. The number of nitrogens with zero attached hydrogens (tertiary/aromatic N) is 2. The van der Waals surface area contributed by atoms with E-state index in [-0.39, 0.29) is 35.9 Å². The summed E-state index contributed by atoms with van der Waals surface area (Å²) in [7, 11) is 5.10. The van der Waals surface area contributed by atoms with E-state index in [2.05, 4.69) is 26.6 Å². The number of halogens is 1. The van der Waals surface area contributed by atoms with E-state index < -0.39 is 0 Å². The molecule has 1 atom stereocenters. The van der Waals surface area contributed by atoms with Crippen LogP contribution in [0.4, 0.5) is 0 Å². The number of hydrogen-bond acceptors (Lipinski definition) is 4. The highest BCUT2D eigenvalue weighted by Crippen LogP contribution is 2.28. The number of hydrogen-bond donors (Lipinski definition) is 2. The lowest BCUT2D eigenvalue weighted by Gasteiger charge is -2.26. The molecule has 1 saturated carbocycles. The summed E-state index contributed by atoms with van der Waals surface area (Å²) < 4.78 is 10.7. The molecule has 1 aromatic rings. The number of nitrogens with one attached hydrogen (secondary N) is 2. The molecule has 32 heavy (non-hydrogen) atoms. The number of carbonyl (C=O) groups excluding carboxylic acids is 1. The Labute approximate surface area is 209 Å². The van der Waals surface area contributed by atoms with Crippen LogP contribution in [0, 0.1) is 5.92 Å². The van der Waals surface area contributed by atoms with E-state index in [4.69, 9.17) is 9.47 Å². The molecule has 8 heteroatoms. The van der Waals surface area contributed by atoms with Gasteiger partial charge in [-0.3, -0.25) is 9.79 Å². The van der Waals surface area contributed by atoms with Gasteiger partial charge in [0.1, 0.15) is 0 Å². The Kier molecular flexibility index (Phi) is 11.4. The predicted molar refractivity (Wildman–Crippen MR) is 139 cm³/mol. The van der Waals surface area contributed by atoms with Crippen molar-refractivity contribution in [3.63, 3.8) is 0 Å². The zero-order chi connectivity index (χ0) is 22.1. The van der Waals surface area contributed by atoms with Gasteiger partial charge in [-0.2, -0.15) is 0 Å². The van der Waals surface area contributed by atoms with E-state index >= 15 is 0 Å². The third-order valence-corrected chi connectivity index (χ3v) is 6.40. The Bertz CT molecular complexity index is 753. The van der Waals surface area contributed by atoms with Gasteiger partial charge in [0.2, 0.25) is 5.91 Å². The predicted octanol–water partition coefficient (Wildman–Crippen LogP) is 3.60. The number of aliphatic imine (C=N–C) groups is 1. The van der Waals surface area contributed by atoms with Crippen LogP contribution in [0.15, 0.2) is 23.2 Å². The molecule has 1 unspecified atom stereocenters. The number of guanidine groups is 1. The minimum Gasteiger partial charge on any atom is -0.493 e. The molecular weight excluding hydrogens is 519 g/mol. The average Bonchev–Trinajstić information content (AvgIpc) is 3.29. The highest BCUT2D eigenvalue weighted by molar-refractivity contribution is 14.0. The van der Waals surface area contributed by atoms with Crippen molar-refractivity contribution >= 4 is 35.8 Å². The molecule has 1 aliphatic heterocycles. The fraction of sp³-hybridized carbons (Fsp3) is 0.667. The zero-order valence-electron chi connectivity index (χ0n) is 19.7. The molecule has 3 rings (SSSR count). The Balaban J connectivity index is 0.00000363. The molecule has 1 saturated heterocycles. The monoisotopic (exact) mass is 558 g/mol. The van der Waals surface area contributed by atoms with Crippen molar-refractivity contribution in [3.05, 3.63) is 23.8 Å². The standard InChI is InChI=1S/C24H38N4O3.HI/c1-25-24(26-14-7-8-18-11-12-21(30-2)22(16-18)31-3)27-20-13-15-28(17-20)23(29)19-9-5-4-6-10-19;/h11-12,16,19-20H,4-10,13-15,17H2,1-3H3,(H2,25,26,27);1H. The largest absolute Gasteiger partial charge is 0.493 e. The average molecular weight is 559 g/mol. The van der Waals surface area contributed by atoms with Crippen molar-refractivity contribution in [1.82, 2.24) is 15.5 Å². The minimum atomic E-state index is 0. The third kappa shape index (κ3) is 7.42. The van der Waals surface area contributed by atoms with E-state index in [0.29, 0.717) is 5.91 Å². The van der Waals surface area contributed by atoms with Gasteiger partial charge in [-0.05, 0) is 49.8 Å². The van der Waals surface area contributed by atoms with Gasteiger partial charge in [0.15, 0.2) is 17.5 Å². The van der Waals surface area contributed by atoms with Gasteiger partial charge >= 0.3 is 0 Å². The maximum Gasteiger partial charge on any atom is 0.225 e. The van der Waals surface area contributed by atoms with E-state index in [1.165, 1.54) is 24.8 Å². The number of methoxy groups -OCH3 is 2. The van der Waals surface area contributed by atoms with Gasteiger partial charge in [0.05, 0.1) is 14.2 Å². The summed E-state index contributed by atoms with van der Waals surface area (Å²) in [6, 6.07) is 6.32. The fourth-order valence-electron chi connectivity index (χ4n) is 4.61. The van der Waals surface area contributed by atoms with Crippen LogP contribution in [-0.2, 0) is 11.2 Å². The summed E-state index contributed by atoms with van der Waals surface area (Å²) in [5, 5.41) is 6.90. The SMILES string of the molecule is CN=C(NCCCc1ccc(OC)c(OC)c1)NC1CCN(C(=O)C2CCCCC2)C1.I. The molecule has 0 radical (unpaired) electrons. The number of ether oxygens (including phenoxy) is 2. The molecule has 1 aliphatic carbocycles. The van der Waals surface area contributed by atoms with Crippen LogP contribution in [0.5, 0.6) is 11.5 Å². The van der Waals surface area contributed by atoms with Gasteiger partial charge in [-0.15, -0.1) is 24.0 Å². The Morgan fingerprint density at radius 3 is 2.56 bits per heavy atom. The van der Waals surface area contributed by atoms with Crippen LogP contribution in [0.2, 0.25) is 0 Å². The molecule has 0 aromatic heterocycles. The van der Waals surface area contributed by atoms with E-state index in [9.17, 15) is 4.79 Å². The zero-order valence-corrected chi connectivity index (χ0v) is 22.0. The molecule has 1 aromatic carbocycles.